The fraction of sp³-hybridized carbons (Fsp3) is 0.567. The summed E-state index contributed by atoms with van der Waals surface area (Å²) in [6.07, 6.45) is -3.39. The molecule has 0 spiro atoms. The van der Waals surface area contributed by atoms with Gasteiger partial charge in [-0.3, -0.25) is 0 Å². The maximum absolute atomic E-state index is 14.1. The topological polar surface area (TPSA) is 140 Å². The van der Waals surface area contributed by atoms with Gasteiger partial charge >= 0.3 is 6.09 Å². The number of nitrogen functional groups attached to an aromatic ring is 1. The van der Waals surface area contributed by atoms with Gasteiger partial charge in [0.15, 0.2) is 23.7 Å². The van der Waals surface area contributed by atoms with E-state index in [1.807, 2.05) is 0 Å². The number of alkyl carbamates (subject to hydrolysis) is 1. The molecular weight excluding hydrogens is 603 g/mol. The number of benzene rings is 2. The van der Waals surface area contributed by atoms with E-state index in [0.29, 0.717) is 18.7 Å². The van der Waals surface area contributed by atoms with E-state index in [2.05, 4.69) is 12.2 Å². The third kappa shape index (κ3) is 6.69. The number of rotatable bonds is 11. The first-order valence-electron chi connectivity index (χ1n) is 14.7. The standard InChI is InChI=1S/C30H38F3N3O7S/c1-15(2)12-36(44(39,40)19-6-4-18(34)5-7-19)13-24(37)23(10-17-8-21(31)28(33)22(32)9-17)35-30(38)43-26-11-25-16(3)27-20(26)14-41-29(27)42-25/h4-9,15-16,20,23-27,29,37H,10-14,34H2,1-3H3,(H,35,38)/t16-,20?,23-,24+,25?,26?,27?,29?/m0/s1. The fourth-order valence-corrected chi connectivity index (χ4v) is 8.12. The molecule has 44 heavy (non-hydrogen) atoms. The summed E-state index contributed by atoms with van der Waals surface area (Å²) < 4.78 is 87.5. The third-order valence-electron chi connectivity index (χ3n) is 8.71. The lowest BCUT2D eigenvalue weighted by atomic mass is 9.73. The minimum Gasteiger partial charge on any atom is -0.446 e. The number of aliphatic hydroxyl groups excluding tert-OH is 1. The molecular formula is C30H38F3N3O7S. The molecule has 2 aliphatic heterocycles. The van der Waals surface area contributed by atoms with Crippen LogP contribution in [-0.2, 0) is 30.7 Å². The second-order valence-electron chi connectivity index (χ2n) is 12.3. The van der Waals surface area contributed by atoms with Crippen molar-refractivity contribution in [3.8, 4) is 0 Å². The van der Waals surface area contributed by atoms with Crippen LogP contribution in [0.4, 0.5) is 23.7 Å². The number of halogens is 3. The lowest BCUT2D eigenvalue weighted by Gasteiger charge is -2.36. The molecule has 14 heteroatoms. The Hall–Kier alpha value is -2.91. The Labute approximate surface area is 254 Å². The summed E-state index contributed by atoms with van der Waals surface area (Å²) in [6.45, 7) is 5.58. The Morgan fingerprint density at radius 1 is 1.16 bits per heavy atom. The molecule has 2 bridgehead atoms. The molecule has 8 atom stereocenters. The number of nitrogens with two attached hydrogens (primary N) is 1. The lowest BCUT2D eigenvalue weighted by molar-refractivity contribution is -0.133. The number of anilines is 1. The van der Waals surface area contributed by atoms with E-state index in [0.717, 1.165) is 16.4 Å². The molecule has 1 amide bonds. The van der Waals surface area contributed by atoms with E-state index >= 15 is 0 Å². The Morgan fingerprint density at radius 2 is 1.82 bits per heavy atom. The maximum Gasteiger partial charge on any atom is 0.407 e. The number of hydrogen-bond acceptors (Lipinski definition) is 8. The molecule has 0 radical (unpaired) electrons. The number of nitrogens with one attached hydrogen (secondary N) is 1. The van der Waals surface area contributed by atoms with E-state index in [-0.39, 0.29) is 59.5 Å². The highest BCUT2D eigenvalue weighted by molar-refractivity contribution is 7.89. The highest BCUT2D eigenvalue weighted by atomic mass is 32.2. The van der Waals surface area contributed by atoms with Crippen LogP contribution in [0.15, 0.2) is 41.3 Å². The van der Waals surface area contributed by atoms with Crippen molar-refractivity contribution < 1.29 is 45.7 Å². The van der Waals surface area contributed by atoms with Crippen molar-refractivity contribution in [2.75, 3.05) is 25.4 Å². The average molecular weight is 642 g/mol. The van der Waals surface area contributed by atoms with Gasteiger partial charge in [-0.05, 0) is 60.2 Å². The van der Waals surface area contributed by atoms with Crippen LogP contribution in [0, 0.1) is 41.1 Å². The predicted molar refractivity (Wildman–Crippen MR) is 153 cm³/mol. The molecule has 10 nitrogen and oxygen atoms in total. The van der Waals surface area contributed by atoms with Crippen LogP contribution in [-0.4, -0.2) is 74.3 Å². The van der Waals surface area contributed by atoms with Gasteiger partial charge in [0.25, 0.3) is 0 Å². The lowest BCUT2D eigenvalue weighted by Crippen LogP contribution is -2.52. The third-order valence-corrected chi connectivity index (χ3v) is 10.6. The van der Waals surface area contributed by atoms with Crippen molar-refractivity contribution in [1.82, 2.24) is 9.62 Å². The first-order valence-corrected chi connectivity index (χ1v) is 16.1. The zero-order chi connectivity index (χ0) is 31.9. The zero-order valence-electron chi connectivity index (χ0n) is 24.7. The number of carbonyl (C=O) groups is 1. The average Bonchev–Trinajstić information content (AvgIpc) is 3.45. The molecule has 2 heterocycles. The van der Waals surface area contributed by atoms with Crippen LogP contribution in [0.2, 0.25) is 0 Å². The molecule has 5 unspecified atom stereocenters. The van der Waals surface area contributed by atoms with Crippen LogP contribution < -0.4 is 11.1 Å². The fourth-order valence-electron chi connectivity index (χ4n) is 6.50. The van der Waals surface area contributed by atoms with Crippen molar-refractivity contribution in [3.05, 3.63) is 59.4 Å². The number of ether oxygens (including phenoxy) is 3. The van der Waals surface area contributed by atoms with Crippen molar-refractivity contribution in [3.63, 3.8) is 0 Å². The first-order chi connectivity index (χ1) is 20.7. The van der Waals surface area contributed by atoms with Crippen LogP contribution >= 0.6 is 0 Å². The Balaban J connectivity index is 1.37. The maximum atomic E-state index is 14.1. The largest absolute Gasteiger partial charge is 0.446 e. The van der Waals surface area contributed by atoms with E-state index in [1.54, 1.807) is 13.8 Å². The van der Waals surface area contributed by atoms with E-state index in [4.69, 9.17) is 19.9 Å². The number of amides is 1. The summed E-state index contributed by atoms with van der Waals surface area (Å²) >= 11 is 0. The second kappa shape index (κ2) is 12.8. The first kappa shape index (κ1) is 32.5. The molecule has 2 saturated heterocycles. The summed E-state index contributed by atoms with van der Waals surface area (Å²) in [5.41, 5.74) is 6.02. The molecule has 1 saturated carbocycles. The summed E-state index contributed by atoms with van der Waals surface area (Å²) in [5.74, 6) is -4.46. The molecule has 0 aromatic heterocycles. The van der Waals surface area contributed by atoms with Gasteiger partial charge in [-0.1, -0.05) is 20.8 Å². The van der Waals surface area contributed by atoms with Gasteiger partial charge in [-0.2, -0.15) is 4.31 Å². The number of fused-ring (bicyclic) bond motifs is 1. The van der Waals surface area contributed by atoms with E-state index in [1.165, 1.54) is 24.3 Å². The Morgan fingerprint density at radius 3 is 2.45 bits per heavy atom. The monoisotopic (exact) mass is 641 g/mol. The molecule has 1 aliphatic carbocycles. The number of aliphatic hydroxyl groups is 1. The highest BCUT2D eigenvalue weighted by Crippen LogP contribution is 2.51. The minimum atomic E-state index is -4.12. The van der Waals surface area contributed by atoms with Gasteiger partial charge < -0.3 is 30.4 Å². The van der Waals surface area contributed by atoms with E-state index in [9.17, 15) is 31.5 Å². The predicted octanol–water partition coefficient (Wildman–Crippen LogP) is 3.43. The summed E-state index contributed by atoms with van der Waals surface area (Å²) in [4.78, 5) is 13.2. The smallest absolute Gasteiger partial charge is 0.407 e. The molecule has 2 aromatic carbocycles. The zero-order valence-corrected chi connectivity index (χ0v) is 25.5. The van der Waals surface area contributed by atoms with Gasteiger partial charge in [0.2, 0.25) is 10.0 Å². The van der Waals surface area contributed by atoms with Crippen molar-refractivity contribution in [1.29, 1.82) is 0 Å². The van der Waals surface area contributed by atoms with Crippen molar-refractivity contribution >= 4 is 21.8 Å². The molecule has 2 aromatic rings. The van der Waals surface area contributed by atoms with Crippen LogP contribution in [0.3, 0.4) is 0 Å². The minimum absolute atomic E-state index is 0.0205. The van der Waals surface area contributed by atoms with E-state index < -0.39 is 58.4 Å². The van der Waals surface area contributed by atoms with Gasteiger partial charge in [-0.25, -0.2) is 26.4 Å². The molecule has 3 fully saturated rings. The normalized spacial score (nSPS) is 27.5. The number of carbonyl (C=O) groups excluding carboxylic acids is 1. The number of sulfonamides is 1. The molecule has 5 rings (SSSR count). The Bertz CT molecular complexity index is 1440. The highest BCUT2D eigenvalue weighted by Gasteiger charge is 2.58. The van der Waals surface area contributed by atoms with Gasteiger partial charge in [-0.15, -0.1) is 0 Å². The molecule has 4 N–H and O–H groups in total. The number of nitrogens with zero attached hydrogens (tertiary/aromatic N) is 1. The van der Waals surface area contributed by atoms with Gasteiger partial charge in [0, 0.05) is 37.0 Å². The Kier molecular flexibility index (Phi) is 9.47. The van der Waals surface area contributed by atoms with Gasteiger partial charge in [0.1, 0.15) is 6.10 Å². The number of hydrogen-bond donors (Lipinski definition) is 3. The summed E-state index contributed by atoms with van der Waals surface area (Å²) in [7, 11) is -4.12. The quantitative estimate of drug-likeness (QED) is 0.251. The molecule has 3 aliphatic rings. The van der Waals surface area contributed by atoms with Crippen LogP contribution in [0.1, 0.15) is 32.8 Å². The van der Waals surface area contributed by atoms with Crippen LogP contribution in [0.5, 0.6) is 0 Å². The second-order valence-corrected chi connectivity index (χ2v) is 14.3. The summed E-state index contributed by atoms with van der Waals surface area (Å²) in [5, 5.41) is 14.0. The summed E-state index contributed by atoms with van der Waals surface area (Å²) in [6, 6.07) is 5.82. The van der Waals surface area contributed by atoms with Crippen molar-refractivity contribution in [2.45, 2.75) is 69.2 Å². The van der Waals surface area contributed by atoms with Crippen LogP contribution in [0.25, 0.3) is 0 Å². The van der Waals surface area contributed by atoms with Gasteiger partial charge in [0.05, 0.1) is 29.8 Å². The van der Waals surface area contributed by atoms with Crippen molar-refractivity contribution in [2.24, 2.45) is 23.7 Å². The molecule has 242 valence electrons. The SMILES string of the molecule is CC(C)CN(C[C@@H](O)[C@H](Cc1cc(F)c(F)c(F)c1)NC(=O)OC1CC2OC3OCC1C3[C@H]2C)S(=O)(=O)c1ccc(N)cc1.